The quantitative estimate of drug-likeness (QED) is 0.437. The summed E-state index contributed by atoms with van der Waals surface area (Å²) in [7, 11) is 0.0744. The lowest BCUT2D eigenvalue weighted by Crippen LogP contribution is -2.25. The summed E-state index contributed by atoms with van der Waals surface area (Å²) in [6, 6.07) is 16.2. The first kappa shape index (κ1) is 21.6. The molecule has 3 heterocycles. The van der Waals surface area contributed by atoms with Crippen molar-refractivity contribution >= 4 is 27.8 Å². The van der Waals surface area contributed by atoms with Crippen LogP contribution in [0, 0.1) is 6.92 Å². The van der Waals surface area contributed by atoms with Gasteiger partial charge in [0.25, 0.3) is 0 Å². The van der Waals surface area contributed by atoms with Gasteiger partial charge < -0.3 is 4.74 Å². The first-order valence-corrected chi connectivity index (χ1v) is 11.4. The highest BCUT2D eigenvalue weighted by Gasteiger charge is 2.25. The molecule has 7 nitrogen and oxygen atoms in total. The van der Waals surface area contributed by atoms with E-state index in [1.165, 1.54) is 7.11 Å². The Hall–Kier alpha value is -3.65. The second-order valence-electron chi connectivity index (χ2n) is 7.28. The number of esters is 1. The van der Waals surface area contributed by atoms with Gasteiger partial charge >= 0.3 is 5.97 Å². The molecule has 4 aromatic rings. The van der Waals surface area contributed by atoms with Crippen molar-refractivity contribution in [1.29, 1.82) is 0 Å². The summed E-state index contributed by atoms with van der Waals surface area (Å²) < 4.78 is 18.4. The van der Waals surface area contributed by atoms with Gasteiger partial charge in [0.2, 0.25) is 0 Å². The third kappa shape index (κ3) is 3.97. The minimum atomic E-state index is -1.21. The number of methoxy groups -OCH3 is 1. The summed E-state index contributed by atoms with van der Waals surface area (Å²) in [6.07, 6.45) is 3.28. The highest BCUT2D eigenvalue weighted by Crippen LogP contribution is 2.23. The molecule has 4 rings (SSSR count). The van der Waals surface area contributed by atoms with Crippen molar-refractivity contribution in [3.8, 4) is 5.69 Å². The molecule has 162 valence electrons. The average molecular weight is 448 g/mol. The normalized spacial score (nSPS) is 12.0. The predicted octanol–water partition coefficient (Wildman–Crippen LogP) is 3.20. The summed E-state index contributed by atoms with van der Waals surface area (Å²) in [4.78, 5) is 35.3. The molecular weight excluding hydrogens is 426 g/mol. The third-order valence-electron chi connectivity index (χ3n) is 5.12. The zero-order valence-electron chi connectivity index (χ0n) is 17.9. The maximum atomic E-state index is 13.5. The standard InChI is InChI=1S/C24H21N3O4S/c1-15-9-11-18-22(28)19(13-16-10-12-20(25-14-16)32(3)30)21(24(29)31-2)27(23(18)26-15)17-7-5-4-6-8-17/h4-12,14H,13H2,1-3H3. The lowest BCUT2D eigenvalue weighted by Gasteiger charge is -2.19. The monoisotopic (exact) mass is 447 g/mol. The number of benzene rings is 1. The lowest BCUT2D eigenvalue weighted by atomic mass is 10.0. The first-order valence-electron chi connectivity index (χ1n) is 9.88. The molecule has 0 saturated carbocycles. The second-order valence-corrected chi connectivity index (χ2v) is 8.60. The van der Waals surface area contributed by atoms with Gasteiger partial charge in [-0.3, -0.25) is 13.6 Å². The summed E-state index contributed by atoms with van der Waals surface area (Å²) in [5.41, 5.74) is 2.62. The molecule has 0 radical (unpaired) electrons. The van der Waals surface area contributed by atoms with E-state index in [4.69, 9.17) is 4.74 Å². The fourth-order valence-corrected chi connectivity index (χ4v) is 4.06. The molecule has 0 aliphatic rings. The van der Waals surface area contributed by atoms with Crippen LogP contribution >= 0.6 is 0 Å². The van der Waals surface area contributed by atoms with Gasteiger partial charge in [0.05, 0.1) is 23.3 Å². The number of aromatic nitrogens is 3. The van der Waals surface area contributed by atoms with Crippen molar-refractivity contribution < 1.29 is 13.7 Å². The molecule has 8 heteroatoms. The van der Waals surface area contributed by atoms with E-state index in [1.54, 1.807) is 41.3 Å². The number of rotatable bonds is 5. The van der Waals surface area contributed by atoms with Gasteiger partial charge in [-0.2, -0.15) is 0 Å². The Morgan fingerprint density at radius 1 is 1.09 bits per heavy atom. The average Bonchev–Trinajstić information content (AvgIpc) is 2.80. The van der Waals surface area contributed by atoms with Crippen LogP contribution in [0.5, 0.6) is 0 Å². The van der Waals surface area contributed by atoms with Gasteiger partial charge in [-0.15, -0.1) is 0 Å². The number of nitrogens with zero attached hydrogens (tertiary/aromatic N) is 3. The van der Waals surface area contributed by atoms with Crippen LogP contribution in [0.1, 0.15) is 27.3 Å². The molecule has 0 fully saturated rings. The van der Waals surface area contributed by atoms with Crippen LogP contribution in [-0.2, 0) is 22.0 Å². The summed E-state index contributed by atoms with van der Waals surface area (Å²) in [6.45, 7) is 1.83. The van der Waals surface area contributed by atoms with Crippen LogP contribution in [0.15, 0.2) is 70.6 Å². The Morgan fingerprint density at radius 2 is 1.84 bits per heavy atom. The number of pyridine rings is 3. The molecule has 0 bridgehead atoms. The van der Waals surface area contributed by atoms with Crippen molar-refractivity contribution in [3.63, 3.8) is 0 Å². The topological polar surface area (TPSA) is 91.2 Å². The van der Waals surface area contributed by atoms with Crippen LogP contribution in [-0.4, -0.2) is 38.1 Å². The molecule has 0 aliphatic carbocycles. The van der Waals surface area contributed by atoms with E-state index in [0.717, 1.165) is 5.69 Å². The lowest BCUT2D eigenvalue weighted by molar-refractivity contribution is 0.0590. The number of hydrogen-bond acceptors (Lipinski definition) is 6. The fraction of sp³-hybridized carbons (Fsp3) is 0.167. The van der Waals surface area contributed by atoms with Crippen molar-refractivity contribution in [2.75, 3.05) is 13.4 Å². The largest absolute Gasteiger partial charge is 0.464 e. The number of hydrogen-bond donors (Lipinski definition) is 0. The van der Waals surface area contributed by atoms with Gasteiger partial charge in [0.1, 0.15) is 16.4 Å². The Balaban J connectivity index is 2.05. The molecule has 0 amide bonds. The summed E-state index contributed by atoms with van der Waals surface area (Å²) in [5.74, 6) is -0.634. The molecule has 3 aromatic heterocycles. The number of ether oxygens (including phenoxy) is 1. The van der Waals surface area contributed by atoms with Gasteiger partial charge in [-0.1, -0.05) is 24.3 Å². The Bertz CT molecular complexity index is 1400. The van der Waals surface area contributed by atoms with Crippen molar-refractivity contribution in [2.24, 2.45) is 0 Å². The Kier molecular flexibility index (Phi) is 5.96. The Morgan fingerprint density at radius 3 is 2.47 bits per heavy atom. The van der Waals surface area contributed by atoms with E-state index in [1.807, 2.05) is 37.3 Å². The van der Waals surface area contributed by atoms with Crippen LogP contribution in [0.2, 0.25) is 0 Å². The van der Waals surface area contributed by atoms with E-state index in [9.17, 15) is 13.8 Å². The Labute approximate surface area is 187 Å². The number of carbonyl (C=O) groups is 1. The van der Waals surface area contributed by atoms with Crippen molar-refractivity contribution in [1.82, 2.24) is 14.5 Å². The first-order chi connectivity index (χ1) is 15.4. The number of carbonyl (C=O) groups excluding carboxylic acids is 1. The highest BCUT2D eigenvalue weighted by molar-refractivity contribution is 7.84. The molecule has 1 aromatic carbocycles. The smallest absolute Gasteiger partial charge is 0.355 e. The molecule has 0 spiro atoms. The molecule has 1 unspecified atom stereocenters. The van der Waals surface area contributed by atoms with Crippen molar-refractivity contribution in [2.45, 2.75) is 18.4 Å². The third-order valence-corrected chi connectivity index (χ3v) is 5.95. The highest BCUT2D eigenvalue weighted by atomic mass is 32.2. The van der Waals surface area contributed by atoms with E-state index in [-0.39, 0.29) is 23.1 Å². The summed E-state index contributed by atoms with van der Waals surface area (Å²) >= 11 is 0. The van der Waals surface area contributed by atoms with E-state index in [2.05, 4.69) is 9.97 Å². The zero-order valence-corrected chi connectivity index (χ0v) is 18.7. The minimum Gasteiger partial charge on any atom is -0.464 e. The van der Waals surface area contributed by atoms with Crippen LogP contribution in [0.3, 0.4) is 0 Å². The molecule has 0 saturated heterocycles. The van der Waals surface area contributed by atoms with Crippen molar-refractivity contribution in [3.05, 3.63) is 93.5 Å². The SMILES string of the molecule is COC(=O)c1c(Cc2ccc(S(C)=O)nc2)c(=O)c2ccc(C)nc2n1-c1ccccc1. The van der Waals surface area contributed by atoms with Crippen LogP contribution < -0.4 is 5.43 Å². The number of para-hydroxylation sites is 1. The molecular formula is C24H21N3O4S. The van der Waals surface area contributed by atoms with Gasteiger partial charge in [-0.05, 0) is 42.8 Å². The second kappa shape index (κ2) is 8.84. The molecule has 0 N–H and O–H groups in total. The van der Waals surface area contributed by atoms with E-state index >= 15 is 0 Å². The molecule has 32 heavy (non-hydrogen) atoms. The number of fused-ring (bicyclic) bond motifs is 1. The minimum absolute atomic E-state index is 0.123. The van der Waals surface area contributed by atoms with Gasteiger partial charge in [0, 0.05) is 35.8 Å². The fourth-order valence-electron chi connectivity index (χ4n) is 3.59. The zero-order chi connectivity index (χ0) is 22.8. The summed E-state index contributed by atoms with van der Waals surface area (Å²) in [5, 5.41) is 0.850. The van der Waals surface area contributed by atoms with Crippen LogP contribution in [0.25, 0.3) is 16.7 Å². The van der Waals surface area contributed by atoms with Gasteiger partial charge in [0.15, 0.2) is 5.43 Å². The van der Waals surface area contributed by atoms with E-state index in [0.29, 0.717) is 27.3 Å². The maximum Gasteiger partial charge on any atom is 0.355 e. The maximum absolute atomic E-state index is 13.5. The number of aryl methyl sites for hydroxylation is 1. The molecule has 0 aliphatic heterocycles. The van der Waals surface area contributed by atoms with Gasteiger partial charge in [-0.25, -0.2) is 14.8 Å². The van der Waals surface area contributed by atoms with E-state index < -0.39 is 16.8 Å². The van der Waals surface area contributed by atoms with Crippen LogP contribution in [0.4, 0.5) is 0 Å². The molecule has 1 atom stereocenters. The predicted molar refractivity (Wildman–Crippen MR) is 123 cm³/mol.